The average molecular weight is 477 g/mol. The second kappa shape index (κ2) is 9.54. The van der Waals surface area contributed by atoms with E-state index >= 15 is 0 Å². The molecule has 0 aliphatic heterocycles. The Morgan fingerprint density at radius 2 is 2.11 bits per heavy atom. The van der Waals surface area contributed by atoms with Crippen molar-refractivity contribution < 1.29 is 4.79 Å². The number of aromatic nitrogens is 3. The van der Waals surface area contributed by atoms with Crippen molar-refractivity contribution in [2.75, 3.05) is 11.1 Å². The summed E-state index contributed by atoms with van der Waals surface area (Å²) in [7, 11) is 0. The van der Waals surface area contributed by atoms with Crippen LogP contribution in [0, 0.1) is 0 Å². The minimum atomic E-state index is -0.0837. The quantitative estimate of drug-likeness (QED) is 0.329. The molecule has 2 heterocycles. The van der Waals surface area contributed by atoms with Crippen LogP contribution >= 0.6 is 39.0 Å². The molecule has 28 heavy (non-hydrogen) atoms. The molecule has 0 bridgehead atoms. The number of carbonyl (C=O) groups is 1. The Bertz CT molecular complexity index is 963. The van der Waals surface area contributed by atoms with Gasteiger partial charge in [-0.25, -0.2) is 0 Å². The van der Waals surface area contributed by atoms with Gasteiger partial charge in [0.15, 0.2) is 11.0 Å². The van der Waals surface area contributed by atoms with Crippen molar-refractivity contribution in [3.8, 4) is 11.4 Å². The van der Waals surface area contributed by atoms with Gasteiger partial charge in [-0.05, 0) is 36.2 Å². The maximum atomic E-state index is 12.3. The first-order chi connectivity index (χ1) is 13.5. The van der Waals surface area contributed by atoms with Crippen LogP contribution in [0.25, 0.3) is 11.4 Å². The summed E-state index contributed by atoms with van der Waals surface area (Å²) in [6, 6.07) is 9.65. The van der Waals surface area contributed by atoms with Crippen LogP contribution in [0.3, 0.4) is 0 Å². The van der Waals surface area contributed by atoms with Crippen molar-refractivity contribution in [2.24, 2.45) is 0 Å². The lowest BCUT2D eigenvalue weighted by Crippen LogP contribution is -2.14. The van der Waals surface area contributed by atoms with E-state index in [1.807, 2.05) is 34.9 Å². The Balaban J connectivity index is 1.71. The number of thioether (sulfide) groups is 1. The van der Waals surface area contributed by atoms with Crippen LogP contribution in [-0.4, -0.2) is 26.4 Å². The minimum Gasteiger partial charge on any atom is -0.325 e. The van der Waals surface area contributed by atoms with Gasteiger partial charge >= 0.3 is 0 Å². The number of hydrogen-bond acceptors (Lipinski definition) is 5. The first-order valence-corrected chi connectivity index (χ1v) is 11.4. The van der Waals surface area contributed by atoms with Crippen LogP contribution in [0.15, 0.2) is 58.0 Å². The molecule has 0 radical (unpaired) electrons. The van der Waals surface area contributed by atoms with Gasteiger partial charge in [-0.3, -0.25) is 9.36 Å². The van der Waals surface area contributed by atoms with E-state index in [2.05, 4.69) is 63.3 Å². The summed E-state index contributed by atoms with van der Waals surface area (Å²) in [5.74, 6) is 1.45. The largest absolute Gasteiger partial charge is 0.325 e. The molecule has 2 aromatic heterocycles. The molecule has 1 amide bonds. The third kappa shape index (κ3) is 5.12. The highest BCUT2D eigenvalue weighted by molar-refractivity contribution is 9.10. The summed E-state index contributed by atoms with van der Waals surface area (Å²) in [5, 5.41) is 14.4. The maximum absolute atomic E-state index is 12.3. The number of anilines is 1. The number of carbonyl (C=O) groups excluding carboxylic acids is 1. The van der Waals surface area contributed by atoms with E-state index in [0.717, 1.165) is 21.5 Å². The van der Waals surface area contributed by atoms with E-state index in [0.29, 0.717) is 17.6 Å². The summed E-state index contributed by atoms with van der Waals surface area (Å²) in [6.45, 7) is 8.78. The molecule has 8 heteroatoms. The Labute approximate surface area is 181 Å². The zero-order valence-corrected chi connectivity index (χ0v) is 18.9. The summed E-state index contributed by atoms with van der Waals surface area (Å²) >= 11 is 6.48. The van der Waals surface area contributed by atoms with Crippen molar-refractivity contribution in [2.45, 2.75) is 31.5 Å². The lowest BCUT2D eigenvalue weighted by Gasteiger charge is -2.07. The second-order valence-electron chi connectivity index (χ2n) is 6.44. The molecular formula is C20H21BrN4OS2. The fourth-order valence-corrected chi connectivity index (χ4v) is 4.45. The van der Waals surface area contributed by atoms with Gasteiger partial charge in [-0.1, -0.05) is 47.6 Å². The molecule has 3 rings (SSSR count). The summed E-state index contributed by atoms with van der Waals surface area (Å²) in [5.41, 5.74) is 1.82. The number of hydrogen-bond donors (Lipinski definition) is 1. The molecule has 0 saturated carbocycles. The van der Waals surface area contributed by atoms with Gasteiger partial charge in [-0.15, -0.1) is 28.1 Å². The van der Waals surface area contributed by atoms with Gasteiger partial charge in [0.1, 0.15) is 0 Å². The van der Waals surface area contributed by atoms with Gasteiger partial charge in [0.05, 0.1) is 5.75 Å². The van der Waals surface area contributed by atoms with Crippen molar-refractivity contribution in [3.05, 3.63) is 57.7 Å². The zero-order valence-electron chi connectivity index (χ0n) is 15.7. The van der Waals surface area contributed by atoms with Gasteiger partial charge in [0, 0.05) is 32.5 Å². The molecule has 0 aliphatic rings. The van der Waals surface area contributed by atoms with Crippen molar-refractivity contribution in [3.63, 3.8) is 0 Å². The number of halogens is 1. The lowest BCUT2D eigenvalue weighted by molar-refractivity contribution is -0.113. The van der Waals surface area contributed by atoms with Crippen molar-refractivity contribution in [1.82, 2.24) is 14.8 Å². The van der Waals surface area contributed by atoms with E-state index in [4.69, 9.17) is 0 Å². The molecule has 0 aliphatic carbocycles. The fourth-order valence-electron chi connectivity index (χ4n) is 2.54. The third-order valence-electron chi connectivity index (χ3n) is 3.94. The van der Waals surface area contributed by atoms with Crippen molar-refractivity contribution >= 4 is 50.6 Å². The molecular weight excluding hydrogens is 456 g/mol. The van der Waals surface area contributed by atoms with Gasteiger partial charge in [0.2, 0.25) is 5.91 Å². The molecule has 1 N–H and O–H groups in total. The van der Waals surface area contributed by atoms with Crippen LogP contribution in [-0.2, 0) is 11.3 Å². The number of rotatable bonds is 8. The highest BCUT2D eigenvalue weighted by Crippen LogP contribution is 2.31. The number of nitrogens with zero attached hydrogens (tertiary/aromatic N) is 3. The van der Waals surface area contributed by atoms with Crippen LogP contribution in [0.2, 0.25) is 0 Å². The van der Waals surface area contributed by atoms with Crippen LogP contribution in [0.1, 0.15) is 24.6 Å². The topological polar surface area (TPSA) is 59.8 Å². The first-order valence-electron chi connectivity index (χ1n) is 8.79. The average Bonchev–Trinajstić information content (AvgIpc) is 3.29. The lowest BCUT2D eigenvalue weighted by atomic mass is 10.1. The molecule has 0 fully saturated rings. The molecule has 0 unspecified atom stereocenters. The van der Waals surface area contributed by atoms with Crippen molar-refractivity contribution in [1.29, 1.82) is 0 Å². The Morgan fingerprint density at radius 1 is 1.36 bits per heavy atom. The molecule has 1 aromatic carbocycles. The normalized spacial score (nSPS) is 11.0. The van der Waals surface area contributed by atoms with E-state index in [1.165, 1.54) is 16.6 Å². The molecule has 146 valence electrons. The number of amides is 1. The first kappa shape index (κ1) is 20.8. The van der Waals surface area contributed by atoms with Gasteiger partial charge in [-0.2, -0.15) is 0 Å². The van der Waals surface area contributed by atoms with E-state index < -0.39 is 0 Å². The highest BCUT2D eigenvalue weighted by Gasteiger charge is 2.17. The number of allylic oxidation sites excluding steroid dienone is 1. The zero-order chi connectivity index (χ0) is 20.1. The predicted octanol–water partition coefficient (Wildman–Crippen LogP) is 5.81. The number of nitrogens with one attached hydrogen (secondary N) is 1. The summed E-state index contributed by atoms with van der Waals surface area (Å²) in [6.07, 6.45) is 1.81. The fraction of sp³-hybridized carbons (Fsp3) is 0.250. The molecule has 0 saturated heterocycles. The van der Waals surface area contributed by atoms with Crippen LogP contribution in [0.5, 0.6) is 0 Å². The Kier molecular flexibility index (Phi) is 7.09. The molecule has 0 spiro atoms. The smallest absolute Gasteiger partial charge is 0.234 e. The van der Waals surface area contributed by atoms with Gasteiger partial charge in [0.25, 0.3) is 0 Å². The van der Waals surface area contributed by atoms with Crippen LogP contribution < -0.4 is 5.32 Å². The van der Waals surface area contributed by atoms with Gasteiger partial charge < -0.3 is 5.32 Å². The maximum Gasteiger partial charge on any atom is 0.234 e. The number of benzene rings is 1. The standard InChI is InChI=1S/C20H21BrN4OS2/c1-4-9-25-19(14-10-17(13(2)3)27-11-14)23-24-20(25)28-12-18(26)22-16-7-5-15(21)6-8-16/h4-8,10-11,13H,1,9,12H2,2-3H3,(H,22,26). The monoisotopic (exact) mass is 476 g/mol. The highest BCUT2D eigenvalue weighted by atomic mass is 79.9. The second-order valence-corrected chi connectivity index (χ2v) is 9.24. The predicted molar refractivity (Wildman–Crippen MR) is 121 cm³/mol. The van der Waals surface area contributed by atoms with E-state index in [9.17, 15) is 4.79 Å². The Morgan fingerprint density at radius 3 is 2.75 bits per heavy atom. The molecule has 3 aromatic rings. The summed E-state index contributed by atoms with van der Waals surface area (Å²) in [4.78, 5) is 13.6. The van der Waals surface area contributed by atoms with E-state index in [1.54, 1.807) is 11.3 Å². The Hall–Kier alpha value is -1.90. The summed E-state index contributed by atoms with van der Waals surface area (Å²) < 4.78 is 2.97. The number of thiophene rings is 1. The van der Waals surface area contributed by atoms with Crippen LogP contribution in [0.4, 0.5) is 5.69 Å². The SMILES string of the molecule is C=CCn1c(SCC(=O)Nc2ccc(Br)cc2)nnc1-c1csc(C(C)C)c1. The minimum absolute atomic E-state index is 0.0837. The van der Waals surface area contributed by atoms with E-state index in [-0.39, 0.29) is 11.7 Å². The molecule has 0 atom stereocenters. The molecule has 5 nitrogen and oxygen atoms in total. The third-order valence-corrected chi connectivity index (χ3v) is 6.66.